The minimum Gasteiger partial charge on any atom is -0.353 e. The predicted octanol–water partition coefficient (Wildman–Crippen LogP) is -0.706. The molecule has 0 radical (unpaired) electrons. The summed E-state index contributed by atoms with van der Waals surface area (Å²) in [6.07, 6.45) is 1.92. The molecule has 1 aromatic rings. The second-order valence-electron chi connectivity index (χ2n) is 3.66. The second-order valence-corrected chi connectivity index (χ2v) is 5.64. The van der Waals surface area contributed by atoms with Gasteiger partial charge in [0.05, 0.1) is 6.26 Å². The van der Waals surface area contributed by atoms with Gasteiger partial charge in [-0.3, -0.25) is 0 Å². The van der Waals surface area contributed by atoms with Crippen LogP contribution >= 0.6 is 0 Å². The molecule has 0 atom stereocenters. The summed E-state index contributed by atoms with van der Waals surface area (Å²) in [4.78, 5) is 0. The summed E-state index contributed by atoms with van der Waals surface area (Å²) < 4.78 is 25.6. The first-order valence-electron chi connectivity index (χ1n) is 5.36. The fourth-order valence-corrected chi connectivity index (χ4v) is 2.32. The average molecular weight is 262 g/mol. The number of sulfonamides is 1. The Kier molecular flexibility index (Phi) is 4.82. The lowest BCUT2D eigenvalue weighted by molar-refractivity contribution is 0.428. The van der Waals surface area contributed by atoms with E-state index >= 15 is 0 Å². The molecule has 0 fully saturated rings. The molecule has 0 saturated heterocycles. The first kappa shape index (κ1) is 13.8. The van der Waals surface area contributed by atoms with E-state index in [0.717, 1.165) is 0 Å². The number of nitrogens with zero attached hydrogens (tertiary/aromatic N) is 5. The molecule has 0 aliphatic rings. The lowest BCUT2D eigenvalue weighted by Gasteiger charge is -2.17. The Labute approximate surface area is 101 Å². The lowest BCUT2D eigenvalue weighted by atomic mass is 10.4. The van der Waals surface area contributed by atoms with Crippen molar-refractivity contribution in [3.05, 3.63) is 0 Å². The minimum atomic E-state index is -3.10. The number of nitrogens with one attached hydrogen (secondary N) is 1. The largest absolute Gasteiger partial charge is 0.353 e. The maximum atomic E-state index is 11.3. The topological polar surface area (TPSA) is 93.0 Å². The monoisotopic (exact) mass is 262 g/mol. The number of aryl methyl sites for hydroxylation is 1. The van der Waals surface area contributed by atoms with Crippen LogP contribution < -0.4 is 5.32 Å². The second kappa shape index (κ2) is 5.92. The van der Waals surface area contributed by atoms with E-state index in [9.17, 15) is 8.42 Å². The molecule has 1 heterocycles. The Morgan fingerprint density at radius 2 is 2.18 bits per heavy atom. The summed E-state index contributed by atoms with van der Waals surface area (Å²) in [7, 11) is -1.36. The van der Waals surface area contributed by atoms with E-state index in [1.165, 1.54) is 15.2 Å². The van der Waals surface area contributed by atoms with E-state index in [0.29, 0.717) is 32.0 Å². The highest BCUT2D eigenvalue weighted by molar-refractivity contribution is 7.88. The average Bonchev–Trinajstić information content (AvgIpc) is 2.62. The number of anilines is 1. The van der Waals surface area contributed by atoms with Gasteiger partial charge >= 0.3 is 0 Å². The van der Waals surface area contributed by atoms with Gasteiger partial charge in [-0.25, -0.2) is 17.4 Å². The summed E-state index contributed by atoms with van der Waals surface area (Å²) in [6.45, 7) is 3.43. The summed E-state index contributed by atoms with van der Waals surface area (Å²) in [6, 6.07) is 0. The van der Waals surface area contributed by atoms with E-state index in [4.69, 9.17) is 0 Å². The molecule has 0 saturated carbocycles. The van der Waals surface area contributed by atoms with Crippen molar-refractivity contribution < 1.29 is 8.42 Å². The van der Waals surface area contributed by atoms with Crippen LogP contribution in [-0.4, -0.2) is 58.8 Å². The zero-order chi connectivity index (χ0) is 12.9. The van der Waals surface area contributed by atoms with Crippen LogP contribution in [0.5, 0.6) is 0 Å². The van der Waals surface area contributed by atoms with Crippen LogP contribution in [0.25, 0.3) is 0 Å². The Bertz CT molecular complexity index is 443. The quantitative estimate of drug-likeness (QED) is 0.653. The maximum Gasteiger partial charge on any atom is 0.242 e. The summed E-state index contributed by atoms with van der Waals surface area (Å²) in [5.74, 6) is 0.576. The highest BCUT2D eigenvalue weighted by Crippen LogP contribution is 2.00. The molecule has 0 aliphatic carbocycles. The molecule has 1 rings (SSSR count). The van der Waals surface area contributed by atoms with Crippen LogP contribution in [0, 0.1) is 0 Å². The third kappa shape index (κ3) is 4.27. The Morgan fingerprint density at radius 1 is 1.47 bits per heavy atom. The van der Waals surface area contributed by atoms with Crippen LogP contribution in [0.2, 0.25) is 0 Å². The zero-order valence-corrected chi connectivity index (χ0v) is 11.1. The maximum absolute atomic E-state index is 11.3. The van der Waals surface area contributed by atoms with E-state index < -0.39 is 10.0 Å². The molecule has 0 amide bonds. The SMILES string of the molecule is CCN(CCCNc1nnnn1C)S(C)(=O)=O. The van der Waals surface area contributed by atoms with Gasteiger partial charge in [0.15, 0.2) is 0 Å². The van der Waals surface area contributed by atoms with E-state index in [1.807, 2.05) is 6.92 Å². The summed E-state index contributed by atoms with van der Waals surface area (Å²) in [5, 5.41) is 13.9. The van der Waals surface area contributed by atoms with E-state index in [-0.39, 0.29) is 0 Å². The molecular formula is C8H18N6O2S. The smallest absolute Gasteiger partial charge is 0.242 e. The Morgan fingerprint density at radius 3 is 2.65 bits per heavy atom. The predicted molar refractivity (Wildman–Crippen MR) is 64.0 cm³/mol. The van der Waals surface area contributed by atoms with Gasteiger partial charge in [-0.05, 0) is 16.8 Å². The third-order valence-electron chi connectivity index (χ3n) is 2.31. The van der Waals surface area contributed by atoms with Crippen LogP contribution in [-0.2, 0) is 17.1 Å². The number of aromatic nitrogens is 4. The highest BCUT2D eigenvalue weighted by atomic mass is 32.2. The zero-order valence-electron chi connectivity index (χ0n) is 10.3. The van der Waals surface area contributed by atoms with Crippen molar-refractivity contribution in [2.24, 2.45) is 7.05 Å². The first-order chi connectivity index (χ1) is 7.95. The molecule has 0 unspecified atom stereocenters. The molecule has 0 aliphatic heterocycles. The van der Waals surface area contributed by atoms with E-state index in [1.54, 1.807) is 7.05 Å². The van der Waals surface area contributed by atoms with E-state index in [2.05, 4.69) is 20.8 Å². The number of rotatable bonds is 7. The minimum absolute atomic E-state index is 0.490. The van der Waals surface area contributed by atoms with Crippen molar-refractivity contribution in [2.75, 3.05) is 31.2 Å². The molecule has 0 spiro atoms. The molecule has 0 bridgehead atoms. The highest BCUT2D eigenvalue weighted by Gasteiger charge is 2.13. The van der Waals surface area contributed by atoms with Crippen LogP contribution in [0.15, 0.2) is 0 Å². The van der Waals surface area contributed by atoms with Crippen molar-refractivity contribution >= 4 is 16.0 Å². The van der Waals surface area contributed by atoms with Gasteiger partial charge in [0.25, 0.3) is 0 Å². The van der Waals surface area contributed by atoms with Crippen molar-refractivity contribution in [3.63, 3.8) is 0 Å². The third-order valence-corrected chi connectivity index (χ3v) is 3.69. The lowest BCUT2D eigenvalue weighted by Crippen LogP contribution is -2.31. The number of tetrazole rings is 1. The van der Waals surface area contributed by atoms with Crippen LogP contribution in [0.1, 0.15) is 13.3 Å². The normalized spacial score (nSPS) is 12.0. The molecule has 1 aromatic heterocycles. The fraction of sp³-hybridized carbons (Fsp3) is 0.875. The van der Waals surface area contributed by atoms with Gasteiger partial charge < -0.3 is 5.32 Å². The van der Waals surface area contributed by atoms with Crippen LogP contribution in [0.4, 0.5) is 5.95 Å². The van der Waals surface area contributed by atoms with Crippen molar-refractivity contribution in [2.45, 2.75) is 13.3 Å². The Hall–Kier alpha value is -1.22. The molecule has 98 valence electrons. The fourth-order valence-electron chi connectivity index (χ4n) is 1.39. The van der Waals surface area contributed by atoms with Gasteiger partial charge in [0, 0.05) is 26.7 Å². The summed E-state index contributed by atoms with van der Waals surface area (Å²) in [5.41, 5.74) is 0. The molecule has 17 heavy (non-hydrogen) atoms. The van der Waals surface area contributed by atoms with Crippen LogP contribution in [0.3, 0.4) is 0 Å². The van der Waals surface area contributed by atoms with Crippen molar-refractivity contribution in [1.29, 1.82) is 0 Å². The number of hydrogen-bond acceptors (Lipinski definition) is 6. The van der Waals surface area contributed by atoms with Gasteiger partial charge in [-0.2, -0.15) is 0 Å². The Balaban J connectivity index is 2.31. The van der Waals surface area contributed by atoms with Gasteiger partial charge in [0.1, 0.15) is 0 Å². The standard InChI is InChI=1S/C8H18N6O2S/c1-4-14(17(3,15)16)7-5-6-9-8-10-11-12-13(8)2/h4-7H2,1-3H3,(H,9,10,12). The van der Waals surface area contributed by atoms with Crippen molar-refractivity contribution in [3.8, 4) is 0 Å². The summed E-state index contributed by atoms with van der Waals surface area (Å²) >= 11 is 0. The molecule has 0 aromatic carbocycles. The van der Waals surface area contributed by atoms with Crippen molar-refractivity contribution in [1.82, 2.24) is 24.5 Å². The molecule has 8 nitrogen and oxygen atoms in total. The molecule has 1 N–H and O–H groups in total. The molecular weight excluding hydrogens is 244 g/mol. The van der Waals surface area contributed by atoms with Gasteiger partial charge in [-0.15, -0.1) is 0 Å². The first-order valence-corrected chi connectivity index (χ1v) is 7.21. The molecule has 9 heteroatoms. The van der Waals surface area contributed by atoms with Gasteiger partial charge in [-0.1, -0.05) is 12.0 Å². The van der Waals surface area contributed by atoms with Gasteiger partial charge in [0.2, 0.25) is 16.0 Å². The number of hydrogen-bond donors (Lipinski definition) is 1.